The van der Waals surface area contributed by atoms with Gasteiger partial charge >= 0.3 is 0 Å². The van der Waals surface area contributed by atoms with Crippen LogP contribution in [0.2, 0.25) is 0 Å². The molecule has 1 rings (SSSR count). The fourth-order valence-corrected chi connectivity index (χ4v) is 3.93. The van der Waals surface area contributed by atoms with Gasteiger partial charge in [0, 0.05) is 18.1 Å². The van der Waals surface area contributed by atoms with Gasteiger partial charge in [0.05, 0.1) is 0 Å². The monoisotopic (exact) mass is 374 g/mol. The third-order valence-electron chi connectivity index (χ3n) is 5.76. The van der Waals surface area contributed by atoms with Crippen molar-refractivity contribution in [3.05, 3.63) is 30.1 Å². The molecule has 1 heteroatoms. The van der Waals surface area contributed by atoms with Crippen molar-refractivity contribution < 1.29 is 4.57 Å². The molecule has 1 heterocycles. The molecule has 0 unspecified atom stereocenters. The van der Waals surface area contributed by atoms with E-state index < -0.39 is 0 Å². The first kappa shape index (κ1) is 24.2. The maximum atomic E-state index is 2.41. The van der Waals surface area contributed by atoms with E-state index in [9.17, 15) is 0 Å². The minimum absolute atomic E-state index is 1.20. The Kier molecular flexibility index (Phi) is 16.6. The van der Waals surface area contributed by atoms with Gasteiger partial charge in [0.15, 0.2) is 12.4 Å². The van der Waals surface area contributed by atoms with Gasteiger partial charge < -0.3 is 0 Å². The third-order valence-corrected chi connectivity index (χ3v) is 5.76. The molecular formula is C26H48N+. The van der Waals surface area contributed by atoms with Gasteiger partial charge in [-0.05, 0) is 25.3 Å². The summed E-state index contributed by atoms with van der Waals surface area (Å²) in [5, 5.41) is 0. The molecule has 0 atom stereocenters. The molecule has 0 spiro atoms. The lowest BCUT2D eigenvalue weighted by Gasteiger charge is -2.03. The average Bonchev–Trinajstić information content (AvgIpc) is 2.69. The van der Waals surface area contributed by atoms with E-state index in [4.69, 9.17) is 0 Å². The number of aryl methyl sites for hydroxylation is 2. The van der Waals surface area contributed by atoms with Crippen molar-refractivity contribution in [1.82, 2.24) is 0 Å². The Bertz CT molecular complexity index is 426. The summed E-state index contributed by atoms with van der Waals surface area (Å²) in [5.41, 5.74) is 1.52. The number of hydrogen-bond acceptors (Lipinski definition) is 0. The maximum Gasteiger partial charge on any atom is 0.171 e. The van der Waals surface area contributed by atoms with Crippen molar-refractivity contribution in [2.45, 2.75) is 136 Å². The second kappa shape index (κ2) is 18.5. The van der Waals surface area contributed by atoms with E-state index in [1.165, 1.54) is 128 Å². The molecule has 0 bridgehead atoms. The Morgan fingerprint density at radius 1 is 0.593 bits per heavy atom. The first-order chi connectivity index (χ1) is 13.4. The van der Waals surface area contributed by atoms with Gasteiger partial charge in [-0.3, -0.25) is 0 Å². The van der Waals surface area contributed by atoms with Crippen LogP contribution in [-0.2, 0) is 13.0 Å². The molecule has 0 radical (unpaired) electrons. The molecule has 0 aromatic carbocycles. The highest BCUT2D eigenvalue weighted by Gasteiger charge is 2.03. The van der Waals surface area contributed by atoms with E-state index >= 15 is 0 Å². The standard InChI is InChI=1S/C26H48N/c1-3-5-7-9-10-11-12-13-14-15-16-17-19-23-27-24-20-22-26(25-27)21-18-8-6-4-2/h20,22,24-25H,3-19,21,23H2,1-2H3/q+1. The highest BCUT2D eigenvalue weighted by atomic mass is 14.9. The Hall–Kier alpha value is -0.850. The predicted octanol–water partition coefficient (Wildman–Crippen LogP) is 8.19. The second-order valence-electron chi connectivity index (χ2n) is 8.50. The van der Waals surface area contributed by atoms with Crippen LogP contribution < -0.4 is 4.57 Å². The van der Waals surface area contributed by atoms with Crippen LogP contribution >= 0.6 is 0 Å². The normalized spacial score (nSPS) is 11.2. The summed E-state index contributed by atoms with van der Waals surface area (Å²) in [7, 11) is 0. The summed E-state index contributed by atoms with van der Waals surface area (Å²) >= 11 is 0. The maximum absolute atomic E-state index is 2.41. The van der Waals surface area contributed by atoms with Crippen molar-refractivity contribution in [1.29, 1.82) is 0 Å². The van der Waals surface area contributed by atoms with Crippen LogP contribution in [0.4, 0.5) is 0 Å². The molecule has 0 N–H and O–H groups in total. The molecule has 0 saturated heterocycles. The minimum atomic E-state index is 1.20. The quantitative estimate of drug-likeness (QED) is 0.170. The van der Waals surface area contributed by atoms with Gasteiger partial charge in [-0.1, -0.05) is 104 Å². The number of aromatic nitrogens is 1. The molecule has 0 aliphatic heterocycles. The summed E-state index contributed by atoms with van der Waals surface area (Å²) in [6.45, 7) is 5.78. The molecule has 0 aliphatic rings. The first-order valence-corrected chi connectivity index (χ1v) is 12.3. The molecular weight excluding hydrogens is 326 g/mol. The number of unbranched alkanes of at least 4 members (excludes halogenated alkanes) is 15. The van der Waals surface area contributed by atoms with Crippen LogP contribution in [0, 0.1) is 0 Å². The highest BCUT2D eigenvalue weighted by molar-refractivity contribution is 5.05. The molecule has 1 aromatic heterocycles. The number of hydrogen-bond donors (Lipinski definition) is 0. The molecule has 1 aromatic rings. The van der Waals surface area contributed by atoms with E-state index in [2.05, 4.69) is 42.9 Å². The highest BCUT2D eigenvalue weighted by Crippen LogP contribution is 2.12. The topological polar surface area (TPSA) is 3.88 Å². The molecule has 27 heavy (non-hydrogen) atoms. The lowest BCUT2D eigenvalue weighted by atomic mass is 10.0. The first-order valence-electron chi connectivity index (χ1n) is 12.3. The van der Waals surface area contributed by atoms with Crippen molar-refractivity contribution >= 4 is 0 Å². The zero-order valence-electron chi connectivity index (χ0n) is 18.7. The zero-order chi connectivity index (χ0) is 19.4. The number of pyridine rings is 1. The van der Waals surface area contributed by atoms with Crippen molar-refractivity contribution in [3.8, 4) is 0 Å². The molecule has 0 aliphatic carbocycles. The van der Waals surface area contributed by atoms with Crippen molar-refractivity contribution in [2.24, 2.45) is 0 Å². The van der Waals surface area contributed by atoms with Crippen molar-refractivity contribution in [3.63, 3.8) is 0 Å². The summed E-state index contributed by atoms with van der Waals surface area (Å²) in [6, 6.07) is 4.53. The van der Waals surface area contributed by atoms with E-state index in [0.29, 0.717) is 0 Å². The van der Waals surface area contributed by atoms with Crippen molar-refractivity contribution in [2.75, 3.05) is 0 Å². The zero-order valence-corrected chi connectivity index (χ0v) is 18.7. The summed E-state index contributed by atoms with van der Waals surface area (Å²) in [4.78, 5) is 0. The van der Waals surface area contributed by atoms with E-state index in [0.717, 1.165) is 0 Å². The molecule has 156 valence electrons. The van der Waals surface area contributed by atoms with Crippen LogP contribution in [0.3, 0.4) is 0 Å². The van der Waals surface area contributed by atoms with Gasteiger partial charge in [-0.25, -0.2) is 4.57 Å². The average molecular weight is 375 g/mol. The summed E-state index contributed by atoms with van der Waals surface area (Å²) in [6.07, 6.45) is 29.9. The van der Waals surface area contributed by atoms with E-state index in [-0.39, 0.29) is 0 Å². The van der Waals surface area contributed by atoms with Gasteiger partial charge in [-0.15, -0.1) is 0 Å². The second-order valence-corrected chi connectivity index (χ2v) is 8.50. The number of rotatable bonds is 19. The van der Waals surface area contributed by atoms with Gasteiger partial charge in [0.25, 0.3) is 0 Å². The Morgan fingerprint density at radius 3 is 1.63 bits per heavy atom. The van der Waals surface area contributed by atoms with Crippen LogP contribution in [-0.4, -0.2) is 0 Å². The summed E-state index contributed by atoms with van der Waals surface area (Å²) < 4.78 is 2.41. The summed E-state index contributed by atoms with van der Waals surface area (Å²) in [5.74, 6) is 0. The molecule has 1 nitrogen and oxygen atoms in total. The Balaban J connectivity index is 1.93. The third kappa shape index (κ3) is 14.8. The largest absolute Gasteiger partial charge is 0.205 e. The smallest absolute Gasteiger partial charge is 0.171 e. The van der Waals surface area contributed by atoms with Gasteiger partial charge in [0.2, 0.25) is 0 Å². The minimum Gasteiger partial charge on any atom is -0.205 e. The van der Waals surface area contributed by atoms with Crippen LogP contribution in [0.15, 0.2) is 24.5 Å². The lowest BCUT2D eigenvalue weighted by molar-refractivity contribution is -0.697. The Morgan fingerprint density at radius 2 is 1.07 bits per heavy atom. The Labute approximate surface area is 171 Å². The van der Waals surface area contributed by atoms with Crippen LogP contribution in [0.5, 0.6) is 0 Å². The molecule has 0 saturated carbocycles. The number of nitrogens with zero attached hydrogens (tertiary/aromatic N) is 1. The van der Waals surface area contributed by atoms with Crippen LogP contribution in [0.25, 0.3) is 0 Å². The molecule has 0 amide bonds. The predicted molar refractivity (Wildman–Crippen MR) is 120 cm³/mol. The molecule has 0 fully saturated rings. The van der Waals surface area contributed by atoms with Crippen LogP contribution in [0.1, 0.15) is 129 Å². The van der Waals surface area contributed by atoms with Gasteiger partial charge in [-0.2, -0.15) is 0 Å². The van der Waals surface area contributed by atoms with E-state index in [1.54, 1.807) is 0 Å². The SMILES string of the molecule is CCCCCCCCCCCCCCC[n+]1cccc(CCCCCC)c1. The fourth-order valence-electron chi connectivity index (χ4n) is 3.93. The van der Waals surface area contributed by atoms with E-state index in [1.807, 2.05) is 0 Å². The van der Waals surface area contributed by atoms with Gasteiger partial charge in [0.1, 0.15) is 6.54 Å². The fraction of sp³-hybridized carbons (Fsp3) is 0.808. The lowest BCUT2D eigenvalue weighted by Crippen LogP contribution is -2.33.